The van der Waals surface area contributed by atoms with Gasteiger partial charge in [-0.25, -0.2) is 0 Å². The monoisotopic (exact) mass is 342 g/mol. The summed E-state index contributed by atoms with van der Waals surface area (Å²) in [5, 5.41) is 4.76. The van der Waals surface area contributed by atoms with E-state index in [1.165, 1.54) is 5.56 Å². The molecule has 6 heteroatoms. The molecule has 0 bridgehead atoms. The predicted octanol–water partition coefficient (Wildman–Crippen LogP) is 2.59. The Balaban J connectivity index is 1.34. The van der Waals surface area contributed by atoms with Gasteiger partial charge in [-0.15, -0.1) is 0 Å². The second-order valence-electron chi connectivity index (χ2n) is 7.01. The zero-order valence-electron chi connectivity index (χ0n) is 14.8. The summed E-state index contributed by atoms with van der Waals surface area (Å²) < 4.78 is 13.7. The number of nitrogens with zero attached hydrogens (tertiary/aromatic N) is 4. The Morgan fingerprint density at radius 3 is 2.80 bits per heavy atom. The molecule has 1 atom stereocenters. The number of ether oxygens (including phenoxy) is 2. The van der Waals surface area contributed by atoms with Gasteiger partial charge in [0, 0.05) is 57.0 Å². The minimum absolute atomic E-state index is 0.258. The van der Waals surface area contributed by atoms with Crippen molar-refractivity contribution in [2.45, 2.75) is 44.9 Å². The lowest BCUT2D eigenvalue weighted by Gasteiger charge is -2.22. The van der Waals surface area contributed by atoms with Crippen LogP contribution in [0.1, 0.15) is 36.6 Å². The standard InChI is InChI=1S/C19H26N4O2/c1-15-16(13-23(21-15)17-5-10-24-11-6-17)12-22-9-4-19(14-22)25-18-2-7-20-8-3-18/h2-3,7-8,13,17,19H,4-6,9-12,14H2,1H3/t19-/m1/s1. The van der Waals surface area contributed by atoms with Crippen LogP contribution in [0.15, 0.2) is 30.7 Å². The molecule has 0 aromatic carbocycles. The van der Waals surface area contributed by atoms with E-state index in [0.29, 0.717) is 6.04 Å². The molecular formula is C19H26N4O2. The fourth-order valence-corrected chi connectivity index (χ4v) is 3.70. The third-order valence-electron chi connectivity index (χ3n) is 5.16. The molecular weight excluding hydrogens is 316 g/mol. The zero-order valence-corrected chi connectivity index (χ0v) is 14.8. The van der Waals surface area contributed by atoms with Crippen LogP contribution in [0.5, 0.6) is 5.75 Å². The van der Waals surface area contributed by atoms with Crippen molar-refractivity contribution in [2.24, 2.45) is 0 Å². The van der Waals surface area contributed by atoms with Gasteiger partial charge in [-0.2, -0.15) is 5.10 Å². The quantitative estimate of drug-likeness (QED) is 0.836. The normalized spacial score (nSPS) is 22.4. The fraction of sp³-hybridized carbons (Fsp3) is 0.579. The van der Waals surface area contributed by atoms with E-state index in [9.17, 15) is 0 Å². The number of hydrogen-bond donors (Lipinski definition) is 0. The maximum absolute atomic E-state index is 6.06. The van der Waals surface area contributed by atoms with Crippen molar-refractivity contribution in [2.75, 3.05) is 26.3 Å². The molecule has 0 aliphatic carbocycles. The van der Waals surface area contributed by atoms with Gasteiger partial charge in [0.15, 0.2) is 0 Å². The molecule has 0 N–H and O–H groups in total. The van der Waals surface area contributed by atoms with Crippen LogP contribution in [0.2, 0.25) is 0 Å². The lowest BCUT2D eigenvalue weighted by molar-refractivity contribution is 0.0661. The third-order valence-corrected chi connectivity index (χ3v) is 5.16. The highest BCUT2D eigenvalue weighted by atomic mass is 16.5. The second-order valence-corrected chi connectivity index (χ2v) is 7.01. The highest BCUT2D eigenvalue weighted by Gasteiger charge is 2.25. The van der Waals surface area contributed by atoms with Gasteiger partial charge < -0.3 is 9.47 Å². The Morgan fingerprint density at radius 2 is 2.00 bits per heavy atom. The zero-order chi connectivity index (χ0) is 17.1. The van der Waals surface area contributed by atoms with Crippen molar-refractivity contribution >= 4 is 0 Å². The number of pyridine rings is 1. The molecule has 2 aliphatic heterocycles. The molecule has 0 unspecified atom stereocenters. The van der Waals surface area contributed by atoms with Crippen molar-refractivity contribution in [3.05, 3.63) is 42.0 Å². The summed E-state index contributed by atoms with van der Waals surface area (Å²) in [5.41, 5.74) is 2.47. The SMILES string of the molecule is Cc1nn(C2CCOCC2)cc1CN1CC[C@@H](Oc2ccncc2)C1. The summed E-state index contributed by atoms with van der Waals surface area (Å²) in [5.74, 6) is 0.908. The van der Waals surface area contributed by atoms with Crippen molar-refractivity contribution in [1.29, 1.82) is 0 Å². The van der Waals surface area contributed by atoms with Crippen molar-refractivity contribution < 1.29 is 9.47 Å². The molecule has 0 radical (unpaired) electrons. The van der Waals surface area contributed by atoms with Crippen LogP contribution < -0.4 is 4.74 Å². The minimum Gasteiger partial charge on any atom is -0.489 e. The van der Waals surface area contributed by atoms with Crippen LogP contribution in [0.4, 0.5) is 0 Å². The maximum Gasteiger partial charge on any atom is 0.122 e. The van der Waals surface area contributed by atoms with E-state index < -0.39 is 0 Å². The Kier molecular flexibility index (Phi) is 4.99. The number of aromatic nitrogens is 3. The smallest absolute Gasteiger partial charge is 0.122 e. The number of rotatable bonds is 5. The third kappa shape index (κ3) is 4.02. The van der Waals surface area contributed by atoms with Gasteiger partial charge in [-0.3, -0.25) is 14.6 Å². The van der Waals surface area contributed by atoms with Crippen molar-refractivity contribution in [3.8, 4) is 5.75 Å². The van der Waals surface area contributed by atoms with E-state index >= 15 is 0 Å². The molecule has 0 spiro atoms. The summed E-state index contributed by atoms with van der Waals surface area (Å²) in [4.78, 5) is 6.50. The Morgan fingerprint density at radius 1 is 1.20 bits per heavy atom. The first-order valence-corrected chi connectivity index (χ1v) is 9.19. The van der Waals surface area contributed by atoms with Gasteiger partial charge in [0.05, 0.1) is 11.7 Å². The average molecular weight is 342 g/mol. The van der Waals surface area contributed by atoms with Gasteiger partial charge >= 0.3 is 0 Å². The largest absolute Gasteiger partial charge is 0.489 e. The number of likely N-dealkylation sites (tertiary alicyclic amines) is 1. The summed E-state index contributed by atoms with van der Waals surface area (Å²) in [6, 6.07) is 4.33. The summed E-state index contributed by atoms with van der Waals surface area (Å²) in [6.45, 7) is 6.79. The first kappa shape index (κ1) is 16.5. The van der Waals surface area contributed by atoms with Crippen LogP contribution in [0.25, 0.3) is 0 Å². The van der Waals surface area contributed by atoms with E-state index in [1.54, 1.807) is 12.4 Å². The molecule has 25 heavy (non-hydrogen) atoms. The molecule has 2 saturated heterocycles. The van der Waals surface area contributed by atoms with Crippen LogP contribution >= 0.6 is 0 Å². The minimum atomic E-state index is 0.258. The lowest BCUT2D eigenvalue weighted by Crippen LogP contribution is -2.24. The molecule has 4 rings (SSSR count). The van der Waals surface area contributed by atoms with Crippen molar-refractivity contribution in [3.63, 3.8) is 0 Å². The second kappa shape index (κ2) is 7.54. The molecule has 0 amide bonds. The molecule has 0 saturated carbocycles. The topological polar surface area (TPSA) is 52.4 Å². The van der Waals surface area contributed by atoms with E-state index in [-0.39, 0.29) is 6.10 Å². The van der Waals surface area contributed by atoms with Gasteiger partial charge in [0.1, 0.15) is 11.9 Å². The highest BCUT2D eigenvalue weighted by Crippen LogP contribution is 2.24. The van der Waals surface area contributed by atoms with Gasteiger partial charge in [-0.05, 0) is 38.3 Å². The van der Waals surface area contributed by atoms with Gasteiger partial charge in [0.2, 0.25) is 0 Å². The van der Waals surface area contributed by atoms with E-state index in [2.05, 4.69) is 27.7 Å². The van der Waals surface area contributed by atoms with E-state index in [1.807, 2.05) is 12.1 Å². The van der Waals surface area contributed by atoms with Crippen LogP contribution in [-0.4, -0.2) is 52.1 Å². The van der Waals surface area contributed by atoms with E-state index in [4.69, 9.17) is 14.6 Å². The molecule has 134 valence electrons. The highest BCUT2D eigenvalue weighted by molar-refractivity contribution is 5.18. The number of hydrogen-bond acceptors (Lipinski definition) is 5. The first-order valence-electron chi connectivity index (χ1n) is 9.19. The van der Waals surface area contributed by atoms with Crippen molar-refractivity contribution in [1.82, 2.24) is 19.7 Å². The summed E-state index contributed by atoms with van der Waals surface area (Å²) in [6.07, 6.45) is 9.23. The molecule has 6 nitrogen and oxygen atoms in total. The number of aryl methyl sites for hydroxylation is 1. The summed E-state index contributed by atoms with van der Waals surface area (Å²) >= 11 is 0. The average Bonchev–Trinajstić information content (AvgIpc) is 3.24. The fourth-order valence-electron chi connectivity index (χ4n) is 3.70. The van der Waals surface area contributed by atoms with Crippen LogP contribution in [0.3, 0.4) is 0 Å². The summed E-state index contributed by atoms with van der Waals surface area (Å²) in [7, 11) is 0. The Labute approximate surface area is 148 Å². The Bertz CT molecular complexity index is 682. The molecule has 2 aromatic heterocycles. The lowest BCUT2D eigenvalue weighted by atomic mass is 10.1. The van der Waals surface area contributed by atoms with Crippen LogP contribution in [0, 0.1) is 6.92 Å². The van der Waals surface area contributed by atoms with Crippen LogP contribution in [-0.2, 0) is 11.3 Å². The van der Waals surface area contributed by atoms with Gasteiger partial charge in [0.25, 0.3) is 0 Å². The molecule has 2 aromatic rings. The molecule has 2 fully saturated rings. The maximum atomic E-state index is 6.06. The van der Waals surface area contributed by atoms with Gasteiger partial charge in [-0.1, -0.05) is 0 Å². The Hall–Kier alpha value is -1.92. The molecule has 4 heterocycles. The first-order chi connectivity index (χ1) is 12.3. The van der Waals surface area contributed by atoms with E-state index in [0.717, 1.165) is 63.6 Å². The predicted molar refractivity (Wildman–Crippen MR) is 94.6 cm³/mol. The molecule has 2 aliphatic rings.